The molecule has 0 unspecified atom stereocenters. The van der Waals surface area contributed by atoms with Gasteiger partial charge in [-0.25, -0.2) is 4.79 Å². The molecule has 2 aromatic rings. The summed E-state index contributed by atoms with van der Waals surface area (Å²) in [6, 6.07) is 13.5. The Morgan fingerprint density at radius 2 is 1.86 bits per heavy atom. The summed E-state index contributed by atoms with van der Waals surface area (Å²) in [4.78, 5) is 22.1. The monoisotopic (exact) mass is 301 g/mol. The Morgan fingerprint density at radius 3 is 2.50 bits per heavy atom. The summed E-state index contributed by atoms with van der Waals surface area (Å²) in [5, 5.41) is 10.4. The van der Waals surface area contributed by atoms with E-state index in [0.717, 1.165) is 0 Å². The fraction of sp³-hybridized carbons (Fsp3) is 0.188. The van der Waals surface area contributed by atoms with Crippen molar-refractivity contribution in [2.45, 2.75) is 6.42 Å². The number of hydrogen-bond acceptors (Lipinski definition) is 5. The van der Waals surface area contributed by atoms with Gasteiger partial charge in [0.2, 0.25) is 6.54 Å². The first-order valence-electron chi connectivity index (χ1n) is 6.66. The minimum absolute atomic E-state index is 0.182. The lowest BCUT2D eigenvalue weighted by Crippen LogP contribution is -2.10. The van der Waals surface area contributed by atoms with Crippen molar-refractivity contribution >= 4 is 5.97 Å². The molecule has 0 aromatic heterocycles. The molecule has 0 fully saturated rings. The maximum Gasteiger partial charge on any atom is 0.343 e. The molecular formula is C16H15NO5. The summed E-state index contributed by atoms with van der Waals surface area (Å²) in [6.07, 6.45) is 0.257. The molecule has 0 N–H and O–H groups in total. The number of esters is 1. The van der Waals surface area contributed by atoms with Crippen LogP contribution < -0.4 is 9.47 Å². The molecule has 0 aliphatic carbocycles. The highest BCUT2D eigenvalue weighted by Crippen LogP contribution is 2.29. The van der Waals surface area contributed by atoms with Crippen LogP contribution in [-0.2, 0) is 6.42 Å². The van der Waals surface area contributed by atoms with Crippen molar-refractivity contribution in [3.63, 3.8) is 0 Å². The molecule has 0 radical (unpaired) electrons. The van der Waals surface area contributed by atoms with E-state index in [0.29, 0.717) is 16.9 Å². The maximum atomic E-state index is 12.1. The topological polar surface area (TPSA) is 78.7 Å². The second kappa shape index (κ2) is 7.21. The van der Waals surface area contributed by atoms with E-state index >= 15 is 0 Å². The average molecular weight is 301 g/mol. The summed E-state index contributed by atoms with van der Waals surface area (Å²) in [7, 11) is 1.46. The molecule has 0 spiro atoms. The average Bonchev–Trinajstić information content (AvgIpc) is 2.54. The molecule has 114 valence electrons. The fourth-order valence-corrected chi connectivity index (χ4v) is 1.91. The van der Waals surface area contributed by atoms with Crippen LogP contribution in [0.4, 0.5) is 0 Å². The first-order chi connectivity index (χ1) is 10.6. The molecule has 0 saturated heterocycles. The Morgan fingerprint density at radius 1 is 1.14 bits per heavy atom. The number of carbonyl (C=O) groups excluding carboxylic acids is 1. The maximum absolute atomic E-state index is 12.1. The van der Waals surface area contributed by atoms with Crippen LogP contribution in [0.15, 0.2) is 48.5 Å². The Hall–Kier alpha value is -2.89. The minimum Gasteiger partial charge on any atom is -0.493 e. The highest BCUT2D eigenvalue weighted by atomic mass is 16.6. The van der Waals surface area contributed by atoms with E-state index in [9.17, 15) is 14.9 Å². The van der Waals surface area contributed by atoms with Gasteiger partial charge in [-0.2, -0.15) is 0 Å². The Balaban J connectivity index is 2.19. The number of benzene rings is 2. The third-order valence-electron chi connectivity index (χ3n) is 3.02. The van der Waals surface area contributed by atoms with Crippen molar-refractivity contribution < 1.29 is 19.2 Å². The second-order valence-corrected chi connectivity index (χ2v) is 4.55. The van der Waals surface area contributed by atoms with Gasteiger partial charge >= 0.3 is 5.97 Å². The van der Waals surface area contributed by atoms with Crippen LogP contribution in [-0.4, -0.2) is 24.5 Å². The largest absolute Gasteiger partial charge is 0.493 e. The lowest BCUT2D eigenvalue weighted by atomic mass is 10.1. The Labute approximate surface area is 127 Å². The van der Waals surface area contributed by atoms with E-state index in [-0.39, 0.29) is 23.6 Å². The quantitative estimate of drug-likeness (QED) is 0.355. The highest BCUT2D eigenvalue weighted by molar-refractivity contribution is 5.91. The van der Waals surface area contributed by atoms with Crippen LogP contribution in [0.5, 0.6) is 11.5 Å². The number of nitro groups is 1. The third-order valence-corrected chi connectivity index (χ3v) is 3.02. The molecule has 22 heavy (non-hydrogen) atoms. The normalized spacial score (nSPS) is 10.0. The van der Waals surface area contributed by atoms with Gasteiger partial charge in [-0.1, -0.05) is 24.3 Å². The van der Waals surface area contributed by atoms with Gasteiger partial charge in [-0.05, 0) is 29.8 Å². The number of ether oxygens (including phenoxy) is 2. The summed E-state index contributed by atoms with van der Waals surface area (Å²) < 4.78 is 10.5. The van der Waals surface area contributed by atoms with E-state index in [4.69, 9.17) is 9.47 Å². The zero-order valence-electron chi connectivity index (χ0n) is 12.0. The molecule has 0 aliphatic rings. The standard InChI is InChI=1S/C16H15NO5/c1-21-14-8-7-12(9-10-17(19)20)11-15(14)22-16(18)13-5-3-2-4-6-13/h2-8,11H,9-10H2,1H3. The Bertz CT molecular complexity index is 669. The number of rotatable bonds is 6. The van der Waals surface area contributed by atoms with Gasteiger partial charge in [-0.15, -0.1) is 0 Å². The van der Waals surface area contributed by atoms with E-state index in [1.165, 1.54) is 7.11 Å². The molecule has 6 nitrogen and oxygen atoms in total. The molecule has 6 heteroatoms. The number of methoxy groups -OCH3 is 1. The molecule has 0 amide bonds. The van der Waals surface area contributed by atoms with E-state index < -0.39 is 5.97 Å². The summed E-state index contributed by atoms with van der Waals surface area (Å²) >= 11 is 0. The van der Waals surface area contributed by atoms with Crippen LogP contribution >= 0.6 is 0 Å². The van der Waals surface area contributed by atoms with E-state index in [1.54, 1.807) is 48.5 Å². The molecule has 2 aromatic carbocycles. The van der Waals surface area contributed by atoms with Gasteiger partial charge in [0.05, 0.1) is 12.7 Å². The molecular weight excluding hydrogens is 286 g/mol. The predicted octanol–water partition coefficient (Wildman–Crippen LogP) is 2.73. The molecule has 0 saturated carbocycles. The van der Waals surface area contributed by atoms with Crippen LogP contribution in [0.25, 0.3) is 0 Å². The van der Waals surface area contributed by atoms with E-state index in [2.05, 4.69) is 0 Å². The summed E-state index contributed by atoms with van der Waals surface area (Å²) in [5.74, 6) is 0.136. The zero-order chi connectivity index (χ0) is 15.9. The van der Waals surface area contributed by atoms with Gasteiger partial charge in [0, 0.05) is 11.3 Å². The van der Waals surface area contributed by atoms with Crippen molar-refractivity contribution in [1.29, 1.82) is 0 Å². The van der Waals surface area contributed by atoms with Crippen molar-refractivity contribution in [2.24, 2.45) is 0 Å². The molecule has 0 bridgehead atoms. The zero-order valence-corrected chi connectivity index (χ0v) is 12.0. The van der Waals surface area contributed by atoms with Gasteiger partial charge in [0.15, 0.2) is 11.5 Å². The SMILES string of the molecule is COc1ccc(CC[N+](=O)[O-])cc1OC(=O)c1ccccc1. The van der Waals surface area contributed by atoms with Crippen LogP contribution in [0.1, 0.15) is 15.9 Å². The van der Waals surface area contributed by atoms with Crippen molar-refractivity contribution in [2.75, 3.05) is 13.7 Å². The van der Waals surface area contributed by atoms with Crippen molar-refractivity contribution in [1.82, 2.24) is 0 Å². The van der Waals surface area contributed by atoms with Crippen LogP contribution in [0.3, 0.4) is 0 Å². The minimum atomic E-state index is -0.509. The van der Waals surface area contributed by atoms with Crippen LogP contribution in [0, 0.1) is 10.1 Å². The number of hydrogen-bond donors (Lipinski definition) is 0. The first kappa shape index (κ1) is 15.5. The molecule has 2 rings (SSSR count). The third kappa shape index (κ3) is 4.05. The highest BCUT2D eigenvalue weighted by Gasteiger charge is 2.13. The van der Waals surface area contributed by atoms with Gasteiger partial charge in [0.1, 0.15) is 0 Å². The molecule has 0 aliphatic heterocycles. The Kier molecular flexibility index (Phi) is 5.08. The summed E-state index contributed by atoms with van der Waals surface area (Å²) in [5.41, 5.74) is 1.12. The predicted molar refractivity (Wildman–Crippen MR) is 80.0 cm³/mol. The lowest BCUT2D eigenvalue weighted by Gasteiger charge is -2.10. The number of carbonyl (C=O) groups is 1. The first-order valence-corrected chi connectivity index (χ1v) is 6.66. The second-order valence-electron chi connectivity index (χ2n) is 4.55. The van der Waals surface area contributed by atoms with Crippen LogP contribution in [0.2, 0.25) is 0 Å². The van der Waals surface area contributed by atoms with Crippen molar-refractivity contribution in [3.8, 4) is 11.5 Å². The molecule has 0 heterocycles. The van der Waals surface area contributed by atoms with Crippen molar-refractivity contribution in [3.05, 3.63) is 69.8 Å². The molecule has 0 atom stereocenters. The lowest BCUT2D eigenvalue weighted by molar-refractivity contribution is -0.479. The smallest absolute Gasteiger partial charge is 0.343 e. The number of nitrogens with zero attached hydrogens (tertiary/aromatic N) is 1. The van der Waals surface area contributed by atoms with E-state index in [1.807, 2.05) is 0 Å². The summed E-state index contributed by atoms with van der Waals surface area (Å²) in [6.45, 7) is -0.182. The fourth-order valence-electron chi connectivity index (χ4n) is 1.91. The van der Waals surface area contributed by atoms with Gasteiger partial charge in [0.25, 0.3) is 0 Å². The van der Waals surface area contributed by atoms with Gasteiger partial charge in [-0.3, -0.25) is 10.1 Å². The van der Waals surface area contributed by atoms with Gasteiger partial charge < -0.3 is 9.47 Å².